The Balaban J connectivity index is 3.15. The van der Waals surface area contributed by atoms with Crippen LogP contribution in [0.1, 0.15) is 18.6 Å². The molecule has 1 aromatic rings. The lowest BCUT2D eigenvalue weighted by molar-refractivity contribution is -0.00341. The molecule has 2 unspecified atom stereocenters. The van der Waals surface area contributed by atoms with Crippen molar-refractivity contribution < 1.29 is 9.84 Å². The molecule has 0 bridgehead atoms. The number of pyridine rings is 1. The Bertz CT molecular complexity index is 297. The molecule has 3 nitrogen and oxygen atoms in total. The first-order valence-electron chi connectivity index (χ1n) is 4.07. The minimum Gasteiger partial charge on any atom is -0.390 e. The average molecular weight is 236 g/mol. The largest absolute Gasteiger partial charge is 0.390 e. The van der Waals surface area contributed by atoms with Crippen molar-refractivity contribution in [2.45, 2.75) is 19.1 Å². The molecule has 0 spiro atoms. The van der Waals surface area contributed by atoms with E-state index < -0.39 is 12.2 Å². The number of aliphatic hydroxyl groups is 1. The van der Waals surface area contributed by atoms with Crippen molar-refractivity contribution in [3.63, 3.8) is 0 Å². The van der Waals surface area contributed by atoms with E-state index in [1.807, 2.05) is 0 Å². The van der Waals surface area contributed by atoms with Gasteiger partial charge < -0.3 is 9.84 Å². The minimum absolute atomic E-state index is 0.394. The number of methoxy groups -OCH3 is 1. The Morgan fingerprint density at radius 3 is 2.21 bits per heavy atom. The maximum atomic E-state index is 9.45. The second-order valence-electron chi connectivity index (χ2n) is 2.91. The second-order valence-corrected chi connectivity index (χ2v) is 3.73. The molecule has 0 fully saturated rings. The number of aliphatic hydroxyl groups excluding tert-OH is 1. The number of hydrogen-bond donors (Lipinski definition) is 1. The molecule has 2 atom stereocenters. The molecule has 1 aromatic heterocycles. The summed E-state index contributed by atoms with van der Waals surface area (Å²) in [4.78, 5) is 3.82. The fourth-order valence-corrected chi connectivity index (χ4v) is 1.83. The summed E-state index contributed by atoms with van der Waals surface area (Å²) in [5.74, 6) is 0. The van der Waals surface area contributed by atoms with Crippen molar-refractivity contribution in [1.82, 2.24) is 4.98 Å². The van der Waals surface area contributed by atoms with Gasteiger partial charge >= 0.3 is 0 Å². The van der Waals surface area contributed by atoms with E-state index in [4.69, 9.17) is 27.9 Å². The molecular formula is C9H11Cl2NO2. The van der Waals surface area contributed by atoms with Crippen molar-refractivity contribution in [2.75, 3.05) is 7.11 Å². The van der Waals surface area contributed by atoms with Gasteiger partial charge in [0, 0.05) is 25.1 Å². The second kappa shape index (κ2) is 4.94. The third-order valence-electron chi connectivity index (χ3n) is 1.87. The van der Waals surface area contributed by atoms with E-state index in [1.165, 1.54) is 19.5 Å². The van der Waals surface area contributed by atoms with Gasteiger partial charge in [-0.2, -0.15) is 0 Å². The summed E-state index contributed by atoms with van der Waals surface area (Å²) in [5.41, 5.74) is 0.570. The smallest absolute Gasteiger partial charge is 0.111 e. The van der Waals surface area contributed by atoms with Gasteiger partial charge in [-0.1, -0.05) is 23.2 Å². The lowest BCUT2D eigenvalue weighted by Gasteiger charge is -2.20. The Labute approximate surface area is 92.6 Å². The number of ether oxygens (including phenoxy) is 1. The number of aromatic nitrogens is 1. The van der Waals surface area contributed by atoms with Crippen LogP contribution in [0.5, 0.6) is 0 Å². The molecule has 0 aliphatic rings. The van der Waals surface area contributed by atoms with Crippen LogP contribution < -0.4 is 0 Å². The summed E-state index contributed by atoms with van der Waals surface area (Å²) in [6.45, 7) is 1.61. The molecule has 1 heterocycles. The highest BCUT2D eigenvalue weighted by Gasteiger charge is 2.22. The molecule has 78 valence electrons. The molecule has 14 heavy (non-hydrogen) atoms. The maximum Gasteiger partial charge on any atom is 0.111 e. The van der Waals surface area contributed by atoms with Crippen LogP contribution in [0.3, 0.4) is 0 Å². The van der Waals surface area contributed by atoms with Gasteiger partial charge in [0.05, 0.1) is 16.1 Å². The molecule has 0 saturated heterocycles. The predicted octanol–water partition coefficient (Wildman–Crippen LogP) is 2.46. The number of nitrogens with zero attached hydrogens (tertiary/aromatic N) is 1. The van der Waals surface area contributed by atoms with Crippen molar-refractivity contribution >= 4 is 23.2 Å². The van der Waals surface area contributed by atoms with E-state index in [0.29, 0.717) is 15.6 Å². The summed E-state index contributed by atoms with van der Waals surface area (Å²) in [5, 5.41) is 10.2. The van der Waals surface area contributed by atoms with Crippen molar-refractivity contribution in [1.29, 1.82) is 0 Å². The third kappa shape index (κ3) is 2.36. The third-order valence-corrected chi connectivity index (χ3v) is 2.47. The maximum absolute atomic E-state index is 9.45. The Hall–Kier alpha value is -0.350. The Morgan fingerprint density at radius 1 is 1.36 bits per heavy atom. The van der Waals surface area contributed by atoms with Crippen LogP contribution in [0.15, 0.2) is 12.4 Å². The van der Waals surface area contributed by atoms with Crippen molar-refractivity contribution in [2.24, 2.45) is 0 Å². The van der Waals surface area contributed by atoms with Gasteiger partial charge in [0.15, 0.2) is 0 Å². The van der Waals surface area contributed by atoms with Gasteiger partial charge in [-0.05, 0) is 6.92 Å². The molecule has 0 aromatic carbocycles. The van der Waals surface area contributed by atoms with Gasteiger partial charge in [-0.3, -0.25) is 4.98 Å². The molecule has 0 amide bonds. The lowest BCUT2D eigenvalue weighted by atomic mass is 10.1. The number of halogens is 2. The van der Waals surface area contributed by atoms with E-state index >= 15 is 0 Å². The van der Waals surface area contributed by atoms with Crippen LogP contribution in [0.4, 0.5) is 0 Å². The van der Waals surface area contributed by atoms with E-state index in [9.17, 15) is 5.11 Å². The number of rotatable bonds is 3. The van der Waals surface area contributed by atoms with E-state index in [0.717, 1.165) is 0 Å². The summed E-state index contributed by atoms with van der Waals surface area (Å²) in [7, 11) is 1.49. The fourth-order valence-electron chi connectivity index (χ4n) is 1.25. The highest BCUT2D eigenvalue weighted by Crippen LogP contribution is 2.32. The van der Waals surface area contributed by atoms with Gasteiger partial charge in [0.25, 0.3) is 0 Å². The average Bonchev–Trinajstić information content (AvgIpc) is 2.10. The van der Waals surface area contributed by atoms with Crippen LogP contribution in [0, 0.1) is 0 Å². The molecule has 0 aliphatic carbocycles. The molecule has 1 rings (SSSR count). The van der Waals surface area contributed by atoms with Crippen LogP contribution in [0.25, 0.3) is 0 Å². The highest BCUT2D eigenvalue weighted by molar-refractivity contribution is 6.35. The molecule has 0 saturated carbocycles. The van der Waals surface area contributed by atoms with Gasteiger partial charge in [0.1, 0.15) is 6.10 Å². The van der Waals surface area contributed by atoms with E-state index in [1.54, 1.807) is 6.92 Å². The first-order chi connectivity index (χ1) is 6.57. The first kappa shape index (κ1) is 11.7. The fraction of sp³-hybridized carbons (Fsp3) is 0.444. The van der Waals surface area contributed by atoms with Crippen LogP contribution in [-0.4, -0.2) is 23.3 Å². The van der Waals surface area contributed by atoms with Gasteiger partial charge in [-0.15, -0.1) is 0 Å². The SMILES string of the molecule is COC(c1c(Cl)cncc1Cl)C(C)O. The standard InChI is InChI=1S/C9H11Cl2NO2/c1-5(13)9(14-2)8-6(10)3-12-4-7(8)11/h3-5,9,13H,1-2H3. The quantitative estimate of drug-likeness (QED) is 0.876. The normalized spacial score (nSPS) is 15.2. The van der Waals surface area contributed by atoms with Gasteiger partial charge in [-0.25, -0.2) is 0 Å². The molecular weight excluding hydrogens is 225 g/mol. The monoisotopic (exact) mass is 235 g/mol. The zero-order chi connectivity index (χ0) is 10.7. The van der Waals surface area contributed by atoms with E-state index in [2.05, 4.69) is 4.98 Å². The van der Waals surface area contributed by atoms with E-state index in [-0.39, 0.29) is 0 Å². The zero-order valence-corrected chi connectivity index (χ0v) is 9.38. The predicted molar refractivity (Wildman–Crippen MR) is 55.7 cm³/mol. The minimum atomic E-state index is -0.683. The van der Waals surface area contributed by atoms with Crippen LogP contribution in [-0.2, 0) is 4.74 Å². The Kier molecular flexibility index (Phi) is 4.13. The summed E-state index contributed by atoms with van der Waals surface area (Å²) in [6, 6.07) is 0. The lowest BCUT2D eigenvalue weighted by Crippen LogP contribution is -2.17. The Morgan fingerprint density at radius 2 is 1.86 bits per heavy atom. The van der Waals surface area contributed by atoms with Gasteiger partial charge in [0.2, 0.25) is 0 Å². The summed E-state index contributed by atoms with van der Waals surface area (Å²) >= 11 is 11.8. The first-order valence-corrected chi connectivity index (χ1v) is 4.83. The molecule has 0 aliphatic heterocycles. The molecule has 5 heteroatoms. The van der Waals surface area contributed by atoms with Crippen molar-refractivity contribution in [3.8, 4) is 0 Å². The summed E-state index contributed by atoms with van der Waals surface area (Å²) < 4.78 is 5.11. The topological polar surface area (TPSA) is 42.4 Å². The van der Waals surface area contributed by atoms with Crippen molar-refractivity contribution in [3.05, 3.63) is 28.0 Å². The molecule has 0 radical (unpaired) electrons. The number of hydrogen-bond acceptors (Lipinski definition) is 3. The highest BCUT2D eigenvalue weighted by atomic mass is 35.5. The van der Waals surface area contributed by atoms with Crippen LogP contribution in [0.2, 0.25) is 10.0 Å². The molecule has 1 N–H and O–H groups in total. The zero-order valence-electron chi connectivity index (χ0n) is 7.87. The van der Waals surface area contributed by atoms with Crippen LogP contribution >= 0.6 is 23.2 Å². The summed E-state index contributed by atoms with van der Waals surface area (Å²) in [6.07, 6.45) is 1.73.